The summed E-state index contributed by atoms with van der Waals surface area (Å²) in [6.07, 6.45) is 0.722. The van der Waals surface area contributed by atoms with Crippen molar-refractivity contribution in [2.45, 2.75) is 24.3 Å². The Bertz CT molecular complexity index is 1050. The lowest BCUT2D eigenvalue weighted by atomic mass is 10.2. The first kappa shape index (κ1) is 22.4. The van der Waals surface area contributed by atoms with E-state index in [2.05, 4.69) is 14.9 Å². The van der Waals surface area contributed by atoms with Gasteiger partial charge in [0.1, 0.15) is 0 Å². The van der Waals surface area contributed by atoms with Crippen LogP contribution >= 0.6 is 0 Å². The molecule has 32 heavy (non-hydrogen) atoms. The molecule has 4 rings (SSSR count). The van der Waals surface area contributed by atoms with Gasteiger partial charge in [-0.05, 0) is 43.3 Å². The molecule has 0 aliphatic carbocycles. The van der Waals surface area contributed by atoms with Crippen molar-refractivity contribution in [3.63, 3.8) is 0 Å². The van der Waals surface area contributed by atoms with Crippen molar-refractivity contribution < 1.29 is 27.4 Å². The molecule has 2 aliphatic rings. The molecule has 0 unspecified atom stereocenters. The van der Waals surface area contributed by atoms with Crippen molar-refractivity contribution in [3.05, 3.63) is 42.5 Å². The zero-order valence-electron chi connectivity index (χ0n) is 17.9. The van der Waals surface area contributed by atoms with E-state index in [1.165, 1.54) is 19.1 Å². The van der Waals surface area contributed by atoms with Crippen LogP contribution in [0.2, 0.25) is 0 Å². The Hall–Kier alpha value is -2.82. The van der Waals surface area contributed by atoms with Crippen LogP contribution in [0.15, 0.2) is 47.4 Å². The van der Waals surface area contributed by atoms with Gasteiger partial charge in [-0.15, -0.1) is 0 Å². The topological polar surface area (TPSA) is 106 Å². The van der Waals surface area contributed by atoms with Crippen molar-refractivity contribution in [2.24, 2.45) is 0 Å². The maximum atomic E-state index is 12.8. The van der Waals surface area contributed by atoms with Crippen LogP contribution in [0.1, 0.15) is 13.3 Å². The van der Waals surface area contributed by atoms with Gasteiger partial charge in [-0.1, -0.05) is 0 Å². The molecular weight excluding hydrogens is 434 g/mol. The number of ether oxygens (including phenoxy) is 3. The van der Waals surface area contributed by atoms with Gasteiger partial charge in [0, 0.05) is 37.0 Å². The van der Waals surface area contributed by atoms with E-state index in [0.717, 1.165) is 25.2 Å². The molecule has 1 amide bonds. The quantitative estimate of drug-likeness (QED) is 0.678. The number of hydrogen-bond donors (Lipinski definition) is 2. The highest BCUT2D eigenvalue weighted by Crippen LogP contribution is 2.32. The zero-order chi connectivity index (χ0) is 22.6. The molecule has 0 saturated carbocycles. The van der Waals surface area contributed by atoms with E-state index in [-0.39, 0.29) is 4.90 Å². The number of sulfonamides is 1. The van der Waals surface area contributed by atoms with Crippen molar-refractivity contribution >= 4 is 27.3 Å². The predicted molar refractivity (Wildman–Crippen MR) is 120 cm³/mol. The van der Waals surface area contributed by atoms with Gasteiger partial charge < -0.3 is 24.4 Å². The van der Waals surface area contributed by atoms with Crippen LogP contribution in [0.25, 0.3) is 0 Å². The van der Waals surface area contributed by atoms with Crippen molar-refractivity contribution in [1.82, 2.24) is 4.72 Å². The van der Waals surface area contributed by atoms with Gasteiger partial charge in [0.25, 0.3) is 0 Å². The number of amides is 1. The summed E-state index contributed by atoms with van der Waals surface area (Å²) in [5.74, 6) is 0.428. The molecule has 0 spiro atoms. The first-order chi connectivity index (χ1) is 15.4. The minimum atomic E-state index is -3.93. The lowest BCUT2D eigenvalue weighted by molar-refractivity contribution is -0.117. The Morgan fingerprint density at radius 2 is 1.66 bits per heavy atom. The fourth-order valence-electron chi connectivity index (χ4n) is 3.49. The fourth-order valence-corrected chi connectivity index (χ4v) is 4.71. The molecule has 2 N–H and O–H groups in total. The number of carbonyl (C=O) groups excluding carboxylic acids is 1. The standard InChI is InChI=1S/C22H27N3O6S/c1-16(22(26)23-17-3-5-18(6-4-17)25-9-13-29-14-10-25)24-32(27,28)19-7-8-20-21(15-19)31-12-2-11-30-20/h3-8,15-16,24H,2,9-14H2,1H3,(H,23,26)/t16-/m0/s1. The number of carbonyl (C=O) groups is 1. The molecule has 0 aromatic heterocycles. The third kappa shape index (κ3) is 5.32. The molecule has 172 valence electrons. The lowest BCUT2D eigenvalue weighted by Gasteiger charge is -2.29. The number of rotatable bonds is 6. The Morgan fingerprint density at radius 1 is 0.969 bits per heavy atom. The molecule has 1 fully saturated rings. The number of hydrogen-bond acceptors (Lipinski definition) is 7. The average molecular weight is 462 g/mol. The molecule has 1 saturated heterocycles. The van der Waals surface area contributed by atoms with Crippen molar-refractivity contribution in [2.75, 3.05) is 49.7 Å². The van der Waals surface area contributed by atoms with Gasteiger partial charge in [-0.25, -0.2) is 8.42 Å². The minimum absolute atomic E-state index is 0.0104. The maximum Gasteiger partial charge on any atom is 0.242 e. The highest BCUT2D eigenvalue weighted by atomic mass is 32.2. The summed E-state index contributed by atoms with van der Waals surface area (Å²) in [5, 5.41) is 2.75. The van der Waals surface area contributed by atoms with E-state index in [1.54, 1.807) is 18.2 Å². The van der Waals surface area contributed by atoms with E-state index in [9.17, 15) is 13.2 Å². The molecular formula is C22H27N3O6S. The van der Waals surface area contributed by atoms with Gasteiger partial charge in [-0.3, -0.25) is 4.79 Å². The van der Waals surface area contributed by atoms with Crippen LogP contribution in [0, 0.1) is 0 Å². The number of fused-ring (bicyclic) bond motifs is 1. The van der Waals surface area contributed by atoms with E-state index in [0.29, 0.717) is 43.6 Å². The average Bonchev–Trinajstić information content (AvgIpc) is 3.05. The van der Waals surface area contributed by atoms with Gasteiger partial charge in [0.15, 0.2) is 11.5 Å². The number of nitrogens with one attached hydrogen (secondary N) is 2. The van der Waals surface area contributed by atoms with Gasteiger partial charge in [0.2, 0.25) is 15.9 Å². The van der Waals surface area contributed by atoms with Gasteiger partial charge >= 0.3 is 0 Å². The molecule has 2 aromatic rings. The molecule has 2 aliphatic heterocycles. The van der Waals surface area contributed by atoms with Crippen LogP contribution in [0.5, 0.6) is 11.5 Å². The van der Waals surface area contributed by atoms with E-state index in [1.807, 2.05) is 12.1 Å². The second-order valence-corrected chi connectivity index (χ2v) is 9.35. The van der Waals surface area contributed by atoms with E-state index >= 15 is 0 Å². The summed E-state index contributed by atoms with van der Waals surface area (Å²) in [6, 6.07) is 10.9. The molecule has 0 bridgehead atoms. The maximum absolute atomic E-state index is 12.8. The SMILES string of the molecule is C[C@H](NS(=O)(=O)c1ccc2c(c1)OCCCO2)C(=O)Nc1ccc(N2CCOCC2)cc1. The van der Waals surface area contributed by atoms with Crippen molar-refractivity contribution in [1.29, 1.82) is 0 Å². The summed E-state index contributed by atoms with van der Waals surface area (Å²) < 4.78 is 44.5. The highest BCUT2D eigenvalue weighted by Gasteiger charge is 2.24. The zero-order valence-corrected chi connectivity index (χ0v) is 18.7. The first-order valence-corrected chi connectivity index (χ1v) is 12.1. The number of benzene rings is 2. The largest absolute Gasteiger partial charge is 0.490 e. The molecule has 2 aromatic carbocycles. The van der Waals surface area contributed by atoms with Crippen LogP contribution < -0.4 is 24.4 Å². The second kappa shape index (κ2) is 9.76. The Kier molecular flexibility index (Phi) is 6.83. The monoisotopic (exact) mass is 461 g/mol. The number of nitrogens with zero attached hydrogens (tertiary/aromatic N) is 1. The normalized spacial score (nSPS) is 17.3. The summed E-state index contributed by atoms with van der Waals surface area (Å²) in [6.45, 7) is 5.50. The molecule has 2 heterocycles. The Balaban J connectivity index is 1.38. The summed E-state index contributed by atoms with van der Waals surface area (Å²) in [4.78, 5) is 14.8. The minimum Gasteiger partial charge on any atom is -0.490 e. The van der Waals surface area contributed by atoms with Gasteiger partial charge in [0.05, 0.1) is 37.4 Å². The smallest absolute Gasteiger partial charge is 0.242 e. The number of anilines is 2. The fraction of sp³-hybridized carbons (Fsp3) is 0.409. The molecule has 9 nitrogen and oxygen atoms in total. The highest BCUT2D eigenvalue weighted by molar-refractivity contribution is 7.89. The lowest BCUT2D eigenvalue weighted by Crippen LogP contribution is -2.41. The Labute approximate surface area is 187 Å². The Morgan fingerprint density at radius 3 is 2.38 bits per heavy atom. The van der Waals surface area contributed by atoms with Crippen molar-refractivity contribution in [3.8, 4) is 11.5 Å². The third-order valence-electron chi connectivity index (χ3n) is 5.27. The first-order valence-electron chi connectivity index (χ1n) is 10.6. The second-order valence-electron chi connectivity index (χ2n) is 7.64. The summed E-state index contributed by atoms with van der Waals surface area (Å²) in [5.41, 5.74) is 1.64. The van der Waals surface area contributed by atoms with Crippen LogP contribution in [0.3, 0.4) is 0 Å². The van der Waals surface area contributed by atoms with Crippen LogP contribution in [-0.4, -0.2) is 59.9 Å². The third-order valence-corrected chi connectivity index (χ3v) is 6.80. The number of morpholine rings is 1. The van der Waals surface area contributed by atoms with E-state index < -0.39 is 22.0 Å². The van der Waals surface area contributed by atoms with Crippen LogP contribution in [0.4, 0.5) is 11.4 Å². The predicted octanol–water partition coefficient (Wildman–Crippen LogP) is 1.99. The van der Waals surface area contributed by atoms with Gasteiger partial charge in [-0.2, -0.15) is 4.72 Å². The van der Waals surface area contributed by atoms with E-state index in [4.69, 9.17) is 14.2 Å². The van der Waals surface area contributed by atoms with Crippen LogP contribution in [-0.2, 0) is 19.6 Å². The summed E-state index contributed by atoms with van der Waals surface area (Å²) >= 11 is 0. The summed E-state index contributed by atoms with van der Waals surface area (Å²) in [7, 11) is -3.93. The molecule has 10 heteroatoms. The molecule has 0 radical (unpaired) electrons. The molecule has 1 atom stereocenters.